The van der Waals surface area contributed by atoms with Crippen LogP contribution in [0.1, 0.15) is 5.56 Å². The number of nitrogens with one attached hydrogen (secondary N) is 1. The van der Waals surface area contributed by atoms with Gasteiger partial charge in [-0.15, -0.1) is 0 Å². The fourth-order valence-electron chi connectivity index (χ4n) is 1.90. The first-order chi connectivity index (χ1) is 9.20. The third-order valence-corrected chi connectivity index (χ3v) is 2.98. The van der Waals surface area contributed by atoms with Crippen molar-refractivity contribution >= 4 is 0 Å². The molecule has 0 bridgehead atoms. The SMILES string of the molecule is COc1cc(F)c(C#CCN2CCNCC2)c(F)c1. The minimum absolute atomic E-state index is 0.155. The molecule has 19 heavy (non-hydrogen) atoms. The Morgan fingerprint density at radius 3 is 2.47 bits per heavy atom. The van der Waals surface area contributed by atoms with Gasteiger partial charge in [0.15, 0.2) is 0 Å². The van der Waals surface area contributed by atoms with Gasteiger partial charge < -0.3 is 10.1 Å². The summed E-state index contributed by atoms with van der Waals surface area (Å²) in [6.45, 7) is 4.18. The lowest BCUT2D eigenvalue weighted by atomic mass is 10.2. The van der Waals surface area contributed by atoms with Gasteiger partial charge >= 0.3 is 0 Å². The van der Waals surface area contributed by atoms with Crippen LogP contribution in [-0.4, -0.2) is 44.7 Å². The summed E-state index contributed by atoms with van der Waals surface area (Å²) in [5, 5.41) is 3.23. The van der Waals surface area contributed by atoms with E-state index in [1.165, 1.54) is 7.11 Å². The zero-order chi connectivity index (χ0) is 13.7. The minimum Gasteiger partial charge on any atom is -0.497 e. The molecule has 1 aromatic carbocycles. The van der Waals surface area contributed by atoms with E-state index in [0.29, 0.717) is 6.54 Å². The number of piperazine rings is 1. The third-order valence-electron chi connectivity index (χ3n) is 2.98. The molecule has 1 aromatic rings. The zero-order valence-corrected chi connectivity index (χ0v) is 10.8. The molecule has 1 aliphatic rings. The van der Waals surface area contributed by atoms with Gasteiger partial charge in [-0.25, -0.2) is 8.78 Å². The summed E-state index contributed by atoms with van der Waals surface area (Å²) in [6, 6.07) is 2.27. The molecular formula is C14H16F2N2O. The molecule has 0 aliphatic carbocycles. The molecule has 0 aromatic heterocycles. The topological polar surface area (TPSA) is 24.5 Å². The minimum atomic E-state index is -0.690. The Balaban J connectivity index is 2.06. The maximum absolute atomic E-state index is 13.6. The Morgan fingerprint density at radius 2 is 1.89 bits per heavy atom. The summed E-state index contributed by atoms with van der Waals surface area (Å²) >= 11 is 0. The van der Waals surface area contributed by atoms with Crippen molar-refractivity contribution in [3.05, 3.63) is 29.3 Å². The highest BCUT2D eigenvalue weighted by molar-refractivity contribution is 5.41. The van der Waals surface area contributed by atoms with Gasteiger partial charge in [-0.1, -0.05) is 11.8 Å². The fraction of sp³-hybridized carbons (Fsp3) is 0.429. The number of halogens is 2. The van der Waals surface area contributed by atoms with Crippen LogP contribution in [0.5, 0.6) is 5.75 Å². The van der Waals surface area contributed by atoms with Gasteiger partial charge in [-0.2, -0.15) is 0 Å². The molecule has 5 heteroatoms. The van der Waals surface area contributed by atoms with Gasteiger partial charge in [0.25, 0.3) is 0 Å². The number of rotatable bonds is 2. The zero-order valence-electron chi connectivity index (χ0n) is 10.8. The van der Waals surface area contributed by atoms with Crippen molar-refractivity contribution in [2.75, 3.05) is 39.8 Å². The second-order valence-electron chi connectivity index (χ2n) is 4.29. The van der Waals surface area contributed by atoms with Gasteiger partial charge in [0, 0.05) is 38.3 Å². The highest BCUT2D eigenvalue weighted by atomic mass is 19.1. The van der Waals surface area contributed by atoms with Crippen LogP contribution in [0.4, 0.5) is 8.78 Å². The van der Waals surface area contributed by atoms with Gasteiger partial charge in [0.1, 0.15) is 17.4 Å². The third kappa shape index (κ3) is 3.66. The van der Waals surface area contributed by atoms with Crippen molar-refractivity contribution in [2.45, 2.75) is 0 Å². The van der Waals surface area contributed by atoms with E-state index in [-0.39, 0.29) is 11.3 Å². The quantitative estimate of drug-likeness (QED) is 0.815. The van der Waals surface area contributed by atoms with Gasteiger partial charge in [-0.3, -0.25) is 4.90 Å². The molecule has 0 unspecified atom stereocenters. The number of methoxy groups -OCH3 is 1. The molecule has 1 saturated heterocycles. The highest BCUT2D eigenvalue weighted by Gasteiger charge is 2.10. The molecule has 0 radical (unpaired) electrons. The van der Waals surface area contributed by atoms with E-state index in [9.17, 15) is 8.78 Å². The molecular weight excluding hydrogens is 250 g/mol. The monoisotopic (exact) mass is 266 g/mol. The van der Waals surface area contributed by atoms with E-state index >= 15 is 0 Å². The Labute approximate surface area is 111 Å². The molecule has 0 saturated carbocycles. The van der Waals surface area contributed by atoms with E-state index in [2.05, 4.69) is 22.1 Å². The largest absolute Gasteiger partial charge is 0.497 e. The van der Waals surface area contributed by atoms with Crippen LogP contribution in [-0.2, 0) is 0 Å². The summed E-state index contributed by atoms with van der Waals surface area (Å²) in [5.74, 6) is 4.16. The molecule has 3 nitrogen and oxygen atoms in total. The Bertz CT molecular complexity index is 479. The Morgan fingerprint density at radius 1 is 1.26 bits per heavy atom. The lowest BCUT2D eigenvalue weighted by Gasteiger charge is -2.24. The lowest BCUT2D eigenvalue weighted by Crippen LogP contribution is -2.43. The van der Waals surface area contributed by atoms with E-state index in [1.54, 1.807) is 0 Å². The van der Waals surface area contributed by atoms with Gasteiger partial charge in [0.2, 0.25) is 0 Å². The van der Waals surface area contributed by atoms with Crippen molar-refractivity contribution in [3.8, 4) is 17.6 Å². The van der Waals surface area contributed by atoms with Crippen molar-refractivity contribution in [2.24, 2.45) is 0 Å². The maximum atomic E-state index is 13.6. The first-order valence-corrected chi connectivity index (χ1v) is 6.15. The number of benzene rings is 1. The molecule has 1 N–H and O–H groups in total. The Hall–Kier alpha value is -1.64. The second kappa shape index (κ2) is 6.50. The molecule has 1 heterocycles. The van der Waals surface area contributed by atoms with Crippen LogP contribution in [0, 0.1) is 23.5 Å². The molecule has 0 atom stereocenters. The van der Waals surface area contributed by atoms with E-state index in [0.717, 1.165) is 38.3 Å². The average Bonchev–Trinajstić information content (AvgIpc) is 2.42. The normalized spacial score (nSPS) is 15.7. The molecule has 1 fully saturated rings. The molecule has 102 valence electrons. The van der Waals surface area contributed by atoms with Crippen molar-refractivity contribution in [3.63, 3.8) is 0 Å². The van der Waals surface area contributed by atoms with Gasteiger partial charge in [-0.05, 0) is 0 Å². The van der Waals surface area contributed by atoms with Gasteiger partial charge in [0.05, 0.1) is 19.2 Å². The molecule has 2 rings (SSSR count). The Kier molecular flexibility index (Phi) is 4.72. The lowest BCUT2D eigenvalue weighted by molar-refractivity contribution is 0.268. The van der Waals surface area contributed by atoms with Crippen molar-refractivity contribution < 1.29 is 13.5 Å². The van der Waals surface area contributed by atoms with Crippen LogP contribution >= 0.6 is 0 Å². The van der Waals surface area contributed by atoms with E-state index < -0.39 is 11.6 Å². The summed E-state index contributed by atoms with van der Waals surface area (Å²) < 4.78 is 32.0. The number of hydrogen-bond donors (Lipinski definition) is 1. The van der Waals surface area contributed by atoms with Crippen LogP contribution in [0.3, 0.4) is 0 Å². The first kappa shape index (κ1) is 13.8. The highest BCUT2D eigenvalue weighted by Crippen LogP contribution is 2.19. The molecule has 0 spiro atoms. The molecule has 0 amide bonds. The predicted octanol–water partition coefficient (Wildman–Crippen LogP) is 1.23. The van der Waals surface area contributed by atoms with E-state index in [1.807, 2.05) is 0 Å². The summed E-state index contributed by atoms with van der Waals surface area (Å²) in [6.07, 6.45) is 0. The maximum Gasteiger partial charge on any atom is 0.145 e. The van der Waals surface area contributed by atoms with Crippen LogP contribution in [0.25, 0.3) is 0 Å². The summed E-state index contributed by atoms with van der Waals surface area (Å²) in [4.78, 5) is 2.14. The number of hydrogen-bond acceptors (Lipinski definition) is 3. The molecule has 1 aliphatic heterocycles. The number of nitrogens with zero attached hydrogens (tertiary/aromatic N) is 1. The van der Waals surface area contributed by atoms with Crippen molar-refractivity contribution in [1.82, 2.24) is 10.2 Å². The van der Waals surface area contributed by atoms with E-state index in [4.69, 9.17) is 4.74 Å². The van der Waals surface area contributed by atoms with Crippen LogP contribution in [0.2, 0.25) is 0 Å². The first-order valence-electron chi connectivity index (χ1n) is 6.15. The van der Waals surface area contributed by atoms with Crippen LogP contribution in [0.15, 0.2) is 12.1 Å². The average molecular weight is 266 g/mol. The van der Waals surface area contributed by atoms with Crippen LogP contribution < -0.4 is 10.1 Å². The summed E-state index contributed by atoms with van der Waals surface area (Å²) in [5.41, 5.74) is -0.198. The summed E-state index contributed by atoms with van der Waals surface area (Å²) in [7, 11) is 1.37. The number of ether oxygens (including phenoxy) is 1. The fourth-order valence-corrected chi connectivity index (χ4v) is 1.90. The van der Waals surface area contributed by atoms with Crippen molar-refractivity contribution in [1.29, 1.82) is 0 Å². The smallest absolute Gasteiger partial charge is 0.145 e. The predicted molar refractivity (Wildman–Crippen MR) is 69.1 cm³/mol. The standard InChI is InChI=1S/C14H16F2N2O/c1-19-11-9-13(15)12(14(16)10-11)3-2-6-18-7-4-17-5-8-18/h9-10,17H,4-8H2,1H3. The second-order valence-corrected chi connectivity index (χ2v) is 4.29.